The van der Waals surface area contributed by atoms with Crippen LogP contribution in [0.2, 0.25) is 0 Å². The van der Waals surface area contributed by atoms with Gasteiger partial charge in [0.15, 0.2) is 0 Å². The van der Waals surface area contributed by atoms with Crippen molar-refractivity contribution >= 4 is 27.9 Å². The summed E-state index contributed by atoms with van der Waals surface area (Å²) in [6, 6.07) is 4.57. The van der Waals surface area contributed by atoms with Crippen molar-refractivity contribution in [1.29, 1.82) is 0 Å². The molecule has 1 heterocycles. The van der Waals surface area contributed by atoms with Crippen LogP contribution in [0, 0.1) is 0 Å². The lowest BCUT2D eigenvalue weighted by atomic mass is 9.95. The predicted octanol–water partition coefficient (Wildman–Crippen LogP) is 3.43. The first kappa shape index (κ1) is 18.3. The van der Waals surface area contributed by atoms with Gasteiger partial charge in [-0.2, -0.15) is 0 Å². The van der Waals surface area contributed by atoms with Crippen LogP contribution in [0.25, 0.3) is 0 Å². The van der Waals surface area contributed by atoms with Gasteiger partial charge >= 0.3 is 12.0 Å². The third-order valence-electron chi connectivity index (χ3n) is 3.52. The van der Waals surface area contributed by atoms with Crippen LogP contribution in [0.4, 0.5) is 4.79 Å². The molecule has 2 rings (SSSR count). The highest BCUT2D eigenvalue weighted by Gasteiger charge is 2.32. The van der Waals surface area contributed by atoms with Gasteiger partial charge in [0.1, 0.15) is 5.75 Å². The topological polar surface area (TPSA) is 76.7 Å². The molecule has 0 bridgehead atoms. The molecule has 6 nitrogen and oxygen atoms in total. The molecule has 1 aliphatic rings. The molecule has 24 heavy (non-hydrogen) atoms. The molecular formula is C17H21BrN2O4. The molecule has 0 aliphatic carbocycles. The third kappa shape index (κ3) is 4.08. The van der Waals surface area contributed by atoms with Crippen molar-refractivity contribution in [1.82, 2.24) is 10.6 Å². The van der Waals surface area contributed by atoms with Crippen LogP contribution in [-0.2, 0) is 9.53 Å². The van der Waals surface area contributed by atoms with E-state index in [9.17, 15) is 9.59 Å². The minimum atomic E-state index is -0.575. The number of rotatable bonds is 6. The lowest BCUT2D eigenvalue weighted by molar-refractivity contribution is -0.139. The number of hydrogen-bond donors (Lipinski definition) is 2. The zero-order valence-corrected chi connectivity index (χ0v) is 15.5. The average molecular weight is 397 g/mol. The van der Waals surface area contributed by atoms with Crippen LogP contribution in [0.3, 0.4) is 0 Å². The van der Waals surface area contributed by atoms with Gasteiger partial charge in [-0.05, 0) is 53.9 Å². The number of benzene rings is 1. The molecule has 1 aromatic carbocycles. The molecule has 1 atom stereocenters. The Hall–Kier alpha value is -2.02. The summed E-state index contributed by atoms with van der Waals surface area (Å²) in [5, 5.41) is 5.39. The number of nitrogens with one attached hydrogen (secondary N) is 2. The first-order valence-electron chi connectivity index (χ1n) is 7.85. The molecule has 1 aromatic rings. The van der Waals surface area contributed by atoms with Crippen LogP contribution < -0.4 is 15.4 Å². The Kier molecular flexibility index (Phi) is 6.25. The third-order valence-corrected chi connectivity index (χ3v) is 4.14. The number of hydrogen-bond acceptors (Lipinski definition) is 4. The second-order valence-electron chi connectivity index (χ2n) is 5.33. The summed E-state index contributed by atoms with van der Waals surface area (Å²) in [7, 11) is 0. The quantitative estimate of drug-likeness (QED) is 0.722. The molecule has 0 saturated heterocycles. The van der Waals surface area contributed by atoms with E-state index in [2.05, 4.69) is 26.6 Å². The second kappa shape index (κ2) is 8.19. The van der Waals surface area contributed by atoms with Crippen molar-refractivity contribution in [2.24, 2.45) is 0 Å². The lowest BCUT2D eigenvalue weighted by Gasteiger charge is -2.28. The maximum atomic E-state index is 12.3. The number of amides is 2. The van der Waals surface area contributed by atoms with Crippen LogP contribution in [-0.4, -0.2) is 25.2 Å². The highest BCUT2D eigenvalue weighted by molar-refractivity contribution is 9.10. The Balaban J connectivity index is 2.36. The fourth-order valence-corrected chi connectivity index (χ4v) is 2.96. The summed E-state index contributed by atoms with van der Waals surface area (Å²) in [5.74, 6) is 0.272. The van der Waals surface area contributed by atoms with Crippen molar-refractivity contribution in [3.05, 3.63) is 39.5 Å². The van der Waals surface area contributed by atoms with Crippen LogP contribution in [0.1, 0.15) is 38.8 Å². The number of urea groups is 1. The minimum absolute atomic E-state index is 0.268. The maximum absolute atomic E-state index is 12.3. The molecule has 2 N–H and O–H groups in total. The summed E-state index contributed by atoms with van der Waals surface area (Å²) in [6.45, 7) is 6.35. The maximum Gasteiger partial charge on any atom is 0.338 e. The van der Waals surface area contributed by atoms with Crippen molar-refractivity contribution in [2.75, 3.05) is 13.2 Å². The van der Waals surface area contributed by atoms with Gasteiger partial charge in [0.05, 0.1) is 29.3 Å². The standard InChI is InChI=1S/C17H21BrN2O4/c1-4-8-24-13-7-6-11(9-12(13)18)15-14(16(21)23-5-2)10(3)19-17(22)20-15/h6-7,9,15H,4-5,8H2,1-3H3,(H2,19,20,22). The van der Waals surface area contributed by atoms with Crippen molar-refractivity contribution in [3.8, 4) is 5.75 Å². The first-order chi connectivity index (χ1) is 11.5. The fourth-order valence-electron chi connectivity index (χ4n) is 2.45. The number of carbonyl (C=O) groups is 2. The summed E-state index contributed by atoms with van der Waals surface area (Å²) in [5.41, 5.74) is 1.65. The summed E-state index contributed by atoms with van der Waals surface area (Å²) in [4.78, 5) is 24.1. The molecular weight excluding hydrogens is 376 g/mol. The van der Waals surface area contributed by atoms with E-state index in [1.165, 1.54) is 0 Å². The van der Waals surface area contributed by atoms with Gasteiger partial charge in [-0.25, -0.2) is 9.59 Å². The van der Waals surface area contributed by atoms with Gasteiger partial charge in [-0.3, -0.25) is 0 Å². The predicted molar refractivity (Wildman–Crippen MR) is 93.7 cm³/mol. The van der Waals surface area contributed by atoms with Gasteiger partial charge in [0, 0.05) is 5.70 Å². The van der Waals surface area contributed by atoms with E-state index in [1.807, 2.05) is 25.1 Å². The summed E-state index contributed by atoms with van der Waals surface area (Å²) < 4.78 is 11.5. The number of esters is 1. The molecule has 0 aromatic heterocycles. The van der Waals surface area contributed by atoms with E-state index in [4.69, 9.17) is 9.47 Å². The Morgan fingerprint density at radius 2 is 2.08 bits per heavy atom. The van der Waals surface area contributed by atoms with Gasteiger partial charge in [-0.1, -0.05) is 13.0 Å². The second-order valence-corrected chi connectivity index (χ2v) is 6.18. The average Bonchev–Trinajstić information content (AvgIpc) is 2.53. The van der Waals surface area contributed by atoms with Gasteiger partial charge in [0.25, 0.3) is 0 Å². The van der Waals surface area contributed by atoms with Gasteiger partial charge in [-0.15, -0.1) is 0 Å². The van der Waals surface area contributed by atoms with Crippen molar-refractivity contribution in [3.63, 3.8) is 0 Å². The minimum Gasteiger partial charge on any atom is -0.492 e. The molecule has 1 unspecified atom stereocenters. The van der Waals surface area contributed by atoms with Gasteiger partial charge < -0.3 is 20.1 Å². The largest absolute Gasteiger partial charge is 0.492 e. The molecule has 0 fully saturated rings. The van der Waals surface area contributed by atoms with E-state index in [0.29, 0.717) is 17.9 Å². The van der Waals surface area contributed by atoms with E-state index in [-0.39, 0.29) is 12.6 Å². The number of halogens is 1. The highest BCUT2D eigenvalue weighted by Crippen LogP contribution is 2.33. The molecule has 0 saturated carbocycles. The Morgan fingerprint density at radius 1 is 1.33 bits per heavy atom. The van der Waals surface area contributed by atoms with E-state index in [0.717, 1.165) is 22.2 Å². The smallest absolute Gasteiger partial charge is 0.338 e. The SMILES string of the molecule is CCCOc1ccc(C2NC(=O)NC(C)=C2C(=O)OCC)cc1Br. The molecule has 7 heteroatoms. The zero-order chi connectivity index (χ0) is 17.7. The number of allylic oxidation sites excluding steroid dienone is 1. The molecule has 0 spiro atoms. The molecule has 130 valence electrons. The number of ether oxygens (including phenoxy) is 2. The highest BCUT2D eigenvalue weighted by atomic mass is 79.9. The van der Waals surface area contributed by atoms with Crippen LogP contribution in [0.15, 0.2) is 33.9 Å². The van der Waals surface area contributed by atoms with E-state index in [1.54, 1.807) is 13.8 Å². The monoisotopic (exact) mass is 396 g/mol. The Bertz CT molecular complexity index is 673. The van der Waals surface area contributed by atoms with Crippen LogP contribution >= 0.6 is 15.9 Å². The van der Waals surface area contributed by atoms with Crippen molar-refractivity contribution < 1.29 is 19.1 Å². The molecule has 1 aliphatic heterocycles. The van der Waals surface area contributed by atoms with E-state index >= 15 is 0 Å². The van der Waals surface area contributed by atoms with E-state index < -0.39 is 12.0 Å². The lowest BCUT2D eigenvalue weighted by Crippen LogP contribution is -2.45. The molecule has 0 radical (unpaired) electrons. The fraction of sp³-hybridized carbons (Fsp3) is 0.412. The zero-order valence-electron chi connectivity index (χ0n) is 13.9. The summed E-state index contributed by atoms with van der Waals surface area (Å²) >= 11 is 3.48. The van der Waals surface area contributed by atoms with Gasteiger partial charge in [0.2, 0.25) is 0 Å². The molecule has 2 amide bonds. The first-order valence-corrected chi connectivity index (χ1v) is 8.64. The van der Waals surface area contributed by atoms with Crippen molar-refractivity contribution in [2.45, 2.75) is 33.2 Å². The normalized spacial score (nSPS) is 17.2. The van der Waals surface area contributed by atoms with Crippen LogP contribution in [0.5, 0.6) is 5.75 Å². The Labute approximate surface area is 149 Å². The number of carbonyl (C=O) groups excluding carboxylic acids is 2. The Morgan fingerprint density at radius 3 is 2.71 bits per heavy atom. The summed E-state index contributed by atoms with van der Waals surface area (Å²) in [6.07, 6.45) is 0.910.